The van der Waals surface area contributed by atoms with E-state index in [0.29, 0.717) is 16.6 Å². The highest BCUT2D eigenvalue weighted by atomic mass is 19.1. The van der Waals surface area contributed by atoms with Gasteiger partial charge in [0, 0.05) is 11.8 Å². The van der Waals surface area contributed by atoms with Crippen LogP contribution in [0.5, 0.6) is 0 Å². The van der Waals surface area contributed by atoms with Crippen molar-refractivity contribution in [3.05, 3.63) is 53.7 Å². The Morgan fingerprint density at radius 3 is 2.77 bits per heavy atom. The minimum atomic E-state index is -0.557. The Morgan fingerprint density at radius 1 is 1.23 bits per heavy atom. The van der Waals surface area contributed by atoms with Gasteiger partial charge in [-0.1, -0.05) is 18.2 Å². The number of benzene rings is 1. The van der Waals surface area contributed by atoms with Crippen molar-refractivity contribution in [3.8, 4) is 11.5 Å². The molecule has 4 rings (SSSR count). The maximum absolute atomic E-state index is 14.1. The predicted octanol–water partition coefficient (Wildman–Crippen LogP) is 3.85. The van der Waals surface area contributed by atoms with Gasteiger partial charge >= 0.3 is 0 Å². The zero-order valence-corrected chi connectivity index (χ0v) is 15.9. The Morgan fingerprint density at radius 2 is 2.03 bits per heavy atom. The van der Waals surface area contributed by atoms with E-state index in [4.69, 9.17) is 5.73 Å². The van der Waals surface area contributed by atoms with E-state index in [9.17, 15) is 8.78 Å². The Balaban J connectivity index is 1.93. The van der Waals surface area contributed by atoms with Crippen LogP contribution in [0.3, 0.4) is 0 Å². The number of pyridine rings is 1. The summed E-state index contributed by atoms with van der Waals surface area (Å²) in [6.45, 7) is 5.26. The molecule has 0 amide bonds. The Hall–Kier alpha value is -4.08. The van der Waals surface area contributed by atoms with Gasteiger partial charge in [0.15, 0.2) is 23.1 Å². The normalized spacial score (nSPS) is 11.4. The number of halogens is 2. The van der Waals surface area contributed by atoms with Gasteiger partial charge < -0.3 is 5.73 Å². The van der Waals surface area contributed by atoms with E-state index < -0.39 is 5.82 Å². The molecule has 2 N–H and O–H groups in total. The minimum Gasteiger partial charge on any atom is -0.382 e. The van der Waals surface area contributed by atoms with Crippen LogP contribution in [-0.2, 0) is 6.54 Å². The summed E-state index contributed by atoms with van der Waals surface area (Å²) in [6.07, 6.45) is 2.59. The quantitative estimate of drug-likeness (QED) is 0.507. The molecular formula is C20H16F2N8. The van der Waals surface area contributed by atoms with Crippen molar-refractivity contribution >= 4 is 41.3 Å². The van der Waals surface area contributed by atoms with E-state index in [-0.39, 0.29) is 41.2 Å². The molecule has 0 bridgehead atoms. The molecular weight excluding hydrogens is 390 g/mol. The first-order valence-corrected chi connectivity index (χ1v) is 8.90. The van der Waals surface area contributed by atoms with Crippen molar-refractivity contribution in [3.63, 3.8) is 0 Å². The lowest BCUT2D eigenvalue weighted by Crippen LogP contribution is -2.05. The Labute approximate surface area is 169 Å². The summed E-state index contributed by atoms with van der Waals surface area (Å²) >= 11 is 0. The molecule has 4 aromatic rings. The highest BCUT2D eigenvalue weighted by Crippen LogP contribution is 2.34. The first-order chi connectivity index (χ1) is 14.5. The van der Waals surface area contributed by atoms with Crippen molar-refractivity contribution in [1.82, 2.24) is 24.7 Å². The van der Waals surface area contributed by atoms with Crippen LogP contribution in [0.15, 0.2) is 46.5 Å². The molecule has 0 fully saturated rings. The third kappa shape index (κ3) is 3.39. The predicted molar refractivity (Wildman–Crippen MR) is 111 cm³/mol. The van der Waals surface area contributed by atoms with Crippen LogP contribution in [0, 0.1) is 11.6 Å². The number of nitrogens with two attached hydrogens (primary N) is 1. The molecule has 0 aliphatic carbocycles. The summed E-state index contributed by atoms with van der Waals surface area (Å²) in [5, 5.41) is 4.83. The lowest BCUT2D eigenvalue weighted by atomic mass is 10.2. The number of fused-ring (bicyclic) bond motifs is 1. The van der Waals surface area contributed by atoms with Gasteiger partial charge in [0.25, 0.3) is 0 Å². The molecule has 0 saturated heterocycles. The molecule has 1 aromatic carbocycles. The largest absolute Gasteiger partial charge is 0.382 e. The number of anilines is 1. The molecule has 3 aromatic heterocycles. The summed E-state index contributed by atoms with van der Waals surface area (Å²) in [5.41, 5.74) is 7.22. The zero-order chi connectivity index (χ0) is 21.3. The van der Waals surface area contributed by atoms with Crippen molar-refractivity contribution < 1.29 is 8.78 Å². The van der Waals surface area contributed by atoms with E-state index in [1.54, 1.807) is 25.1 Å². The molecule has 3 heterocycles. The number of hydrogen-bond donors (Lipinski definition) is 1. The molecule has 150 valence electrons. The van der Waals surface area contributed by atoms with E-state index in [0.717, 1.165) is 6.20 Å². The SMILES string of the molecule is C=Nc1c(N)nc(-c2nn(Cc3ccccc3F)c3ncc(F)cc23)nc1/N=C\C. The monoisotopic (exact) mass is 406 g/mol. The van der Waals surface area contributed by atoms with Crippen molar-refractivity contribution in [2.24, 2.45) is 9.98 Å². The van der Waals surface area contributed by atoms with Gasteiger partial charge in [0.2, 0.25) is 0 Å². The number of rotatable bonds is 5. The molecule has 0 spiro atoms. The molecule has 0 aliphatic rings. The molecule has 30 heavy (non-hydrogen) atoms. The van der Waals surface area contributed by atoms with E-state index in [1.165, 1.54) is 23.0 Å². The molecule has 0 saturated carbocycles. The Bertz CT molecular complexity index is 1300. The van der Waals surface area contributed by atoms with E-state index in [1.807, 2.05) is 0 Å². The molecule has 8 nitrogen and oxygen atoms in total. The Kier molecular flexibility index (Phi) is 4.97. The zero-order valence-electron chi connectivity index (χ0n) is 15.9. The van der Waals surface area contributed by atoms with E-state index >= 15 is 0 Å². The average Bonchev–Trinajstić information content (AvgIpc) is 3.07. The first kappa shape index (κ1) is 19.2. The third-order valence-electron chi connectivity index (χ3n) is 4.35. The van der Waals surface area contributed by atoms with Crippen LogP contribution < -0.4 is 5.73 Å². The van der Waals surface area contributed by atoms with Crippen LogP contribution in [0.2, 0.25) is 0 Å². The summed E-state index contributed by atoms with van der Waals surface area (Å²) in [5.74, 6) is -0.567. The second-order valence-corrected chi connectivity index (χ2v) is 6.27. The number of nitrogens with zero attached hydrogens (tertiary/aromatic N) is 7. The molecule has 0 unspecified atom stereocenters. The maximum Gasteiger partial charge on any atom is 0.185 e. The van der Waals surface area contributed by atoms with Crippen molar-refractivity contribution in [2.75, 3.05) is 5.73 Å². The molecule has 0 aliphatic heterocycles. The lowest BCUT2D eigenvalue weighted by Gasteiger charge is -2.05. The van der Waals surface area contributed by atoms with Gasteiger partial charge in [0.1, 0.15) is 23.0 Å². The number of nitrogen functional groups attached to an aromatic ring is 1. The second-order valence-electron chi connectivity index (χ2n) is 6.27. The molecule has 0 atom stereocenters. The first-order valence-electron chi connectivity index (χ1n) is 8.90. The number of aromatic nitrogens is 5. The summed E-state index contributed by atoms with van der Waals surface area (Å²) in [7, 11) is 0. The van der Waals surface area contributed by atoms with Gasteiger partial charge in [-0.15, -0.1) is 0 Å². The minimum absolute atomic E-state index is 0.0526. The van der Waals surface area contributed by atoms with Crippen molar-refractivity contribution in [1.29, 1.82) is 0 Å². The van der Waals surface area contributed by atoms with Crippen LogP contribution in [0.4, 0.5) is 26.1 Å². The van der Waals surface area contributed by atoms with Gasteiger partial charge in [-0.2, -0.15) is 5.10 Å². The summed E-state index contributed by atoms with van der Waals surface area (Å²) in [4.78, 5) is 20.7. The fourth-order valence-corrected chi connectivity index (χ4v) is 3.03. The standard InChI is InChI=1S/C20H16F2N8/c1-3-25-18-16(24-2)17(23)27-19(28-18)15-13-8-12(21)9-26-20(13)30(29-15)10-11-6-4-5-7-14(11)22/h3-9H,2,10H2,1H3,(H2,23,27,28)/b25-3-. The van der Waals surface area contributed by atoms with Crippen LogP contribution >= 0.6 is 0 Å². The van der Waals surface area contributed by atoms with Gasteiger partial charge in [-0.05, 0) is 25.8 Å². The topological polar surface area (TPSA) is 107 Å². The van der Waals surface area contributed by atoms with E-state index in [2.05, 4.69) is 36.8 Å². The van der Waals surface area contributed by atoms with Crippen LogP contribution in [0.25, 0.3) is 22.6 Å². The fraction of sp³-hybridized carbons (Fsp3) is 0.100. The van der Waals surface area contributed by atoms with Crippen LogP contribution in [0.1, 0.15) is 12.5 Å². The fourth-order valence-electron chi connectivity index (χ4n) is 3.03. The van der Waals surface area contributed by atoms with Gasteiger partial charge in [0.05, 0.1) is 18.1 Å². The second kappa shape index (κ2) is 7.74. The number of hydrogen-bond acceptors (Lipinski definition) is 7. The van der Waals surface area contributed by atoms with Gasteiger partial charge in [-0.3, -0.25) is 4.99 Å². The maximum atomic E-state index is 14.1. The summed E-state index contributed by atoms with van der Waals surface area (Å²) < 4.78 is 29.6. The van der Waals surface area contributed by atoms with Crippen LogP contribution in [-0.4, -0.2) is 37.7 Å². The highest BCUT2D eigenvalue weighted by Gasteiger charge is 2.20. The van der Waals surface area contributed by atoms with Crippen molar-refractivity contribution in [2.45, 2.75) is 13.5 Å². The highest BCUT2D eigenvalue weighted by molar-refractivity contribution is 5.90. The van der Waals surface area contributed by atoms with Gasteiger partial charge in [-0.25, -0.2) is 33.4 Å². The number of aliphatic imine (C=N–C) groups is 2. The molecule has 10 heteroatoms. The lowest BCUT2D eigenvalue weighted by molar-refractivity contribution is 0.588. The smallest absolute Gasteiger partial charge is 0.185 e. The molecule has 0 radical (unpaired) electrons. The average molecular weight is 406 g/mol. The summed E-state index contributed by atoms with van der Waals surface area (Å²) in [6, 6.07) is 7.58. The third-order valence-corrected chi connectivity index (χ3v) is 4.35.